The van der Waals surface area contributed by atoms with Gasteiger partial charge < -0.3 is 14.7 Å². The molecule has 0 unspecified atom stereocenters. The molecule has 0 aromatic heterocycles. The fourth-order valence-electron chi connectivity index (χ4n) is 3.28. The van der Waals surface area contributed by atoms with E-state index in [9.17, 15) is 0 Å². The number of methoxy groups -OCH3 is 2. The molecule has 0 aliphatic heterocycles. The molecule has 0 saturated heterocycles. The van der Waals surface area contributed by atoms with Crippen molar-refractivity contribution in [1.82, 2.24) is 0 Å². The summed E-state index contributed by atoms with van der Waals surface area (Å²) < 4.78 is 10.6. The van der Waals surface area contributed by atoms with Crippen LogP contribution in [0.25, 0.3) is 5.57 Å². The lowest BCUT2D eigenvalue weighted by Gasteiger charge is -2.21. The Labute approximate surface area is 148 Å². The highest BCUT2D eigenvalue weighted by atomic mass is 16.5. The number of benzene rings is 2. The highest BCUT2D eigenvalue weighted by molar-refractivity contribution is 5.89. The van der Waals surface area contributed by atoms with Crippen LogP contribution in [0.3, 0.4) is 0 Å². The van der Waals surface area contributed by atoms with Crippen molar-refractivity contribution in [2.45, 2.75) is 25.7 Å². The largest absolute Gasteiger partial charge is 0.497 e. The molecule has 0 atom stereocenters. The van der Waals surface area contributed by atoms with E-state index in [1.807, 2.05) is 24.3 Å². The molecule has 1 fully saturated rings. The first-order valence-electron chi connectivity index (χ1n) is 8.46. The highest BCUT2D eigenvalue weighted by Gasteiger charge is 2.18. The van der Waals surface area contributed by atoms with Crippen LogP contribution < -0.4 is 9.47 Å². The maximum absolute atomic E-state index is 9.01. The molecule has 0 amide bonds. The predicted molar refractivity (Wildman–Crippen MR) is 99.7 cm³/mol. The van der Waals surface area contributed by atoms with E-state index < -0.39 is 0 Å². The zero-order valence-electron chi connectivity index (χ0n) is 14.7. The van der Waals surface area contributed by atoms with Gasteiger partial charge in [0, 0.05) is 0 Å². The standard InChI is InChI=1S/C21H23NO3/c1-24-19-11-5-16(6-12-19)21(15-3-9-18(22-23)10-4-15)17-7-13-20(25-2)14-8-17/h5-8,11-14,23H,3-4,9-10H2,1-2H3. The number of allylic oxidation sites excluding steroid dienone is 1. The van der Waals surface area contributed by atoms with Crippen molar-refractivity contribution in [2.75, 3.05) is 14.2 Å². The molecular weight excluding hydrogens is 314 g/mol. The molecule has 0 heterocycles. The van der Waals surface area contributed by atoms with Gasteiger partial charge >= 0.3 is 0 Å². The number of hydrogen-bond acceptors (Lipinski definition) is 4. The average molecular weight is 337 g/mol. The third kappa shape index (κ3) is 3.85. The first kappa shape index (κ1) is 17.1. The van der Waals surface area contributed by atoms with E-state index in [4.69, 9.17) is 14.7 Å². The summed E-state index contributed by atoms with van der Waals surface area (Å²) in [4.78, 5) is 0. The Hall–Kier alpha value is -2.75. The lowest BCUT2D eigenvalue weighted by atomic mass is 9.84. The SMILES string of the molecule is COc1ccc(C(=C2CCC(=NO)CC2)c2ccc(OC)cc2)cc1. The molecule has 2 aromatic rings. The maximum Gasteiger partial charge on any atom is 0.118 e. The van der Waals surface area contributed by atoms with Crippen LogP contribution >= 0.6 is 0 Å². The maximum atomic E-state index is 9.01. The summed E-state index contributed by atoms with van der Waals surface area (Å²) in [6, 6.07) is 16.3. The van der Waals surface area contributed by atoms with E-state index in [1.165, 1.54) is 22.3 Å². The van der Waals surface area contributed by atoms with Crippen LogP contribution in [-0.4, -0.2) is 25.1 Å². The minimum absolute atomic E-state index is 0.807. The van der Waals surface area contributed by atoms with Crippen molar-refractivity contribution in [3.63, 3.8) is 0 Å². The van der Waals surface area contributed by atoms with Crippen LogP contribution in [0.1, 0.15) is 36.8 Å². The van der Waals surface area contributed by atoms with Crippen LogP contribution in [0.4, 0.5) is 0 Å². The molecule has 3 rings (SSSR count). The van der Waals surface area contributed by atoms with Gasteiger partial charge in [-0.05, 0) is 66.6 Å². The molecule has 1 saturated carbocycles. The minimum Gasteiger partial charge on any atom is -0.497 e. The molecule has 130 valence electrons. The van der Waals surface area contributed by atoms with Crippen LogP contribution in [0, 0.1) is 0 Å². The normalized spacial score (nSPS) is 14.2. The smallest absolute Gasteiger partial charge is 0.118 e. The zero-order valence-corrected chi connectivity index (χ0v) is 14.7. The van der Waals surface area contributed by atoms with E-state index in [0.29, 0.717) is 0 Å². The lowest BCUT2D eigenvalue weighted by Crippen LogP contribution is -2.09. The summed E-state index contributed by atoms with van der Waals surface area (Å²) in [5.41, 5.74) is 5.87. The van der Waals surface area contributed by atoms with E-state index in [1.54, 1.807) is 14.2 Å². The zero-order chi connectivity index (χ0) is 17.6. The third-order valence-corrected chi connectivity index (χ3v) is 4.68. The Kier molecular flexibility index (Phi) is 5.39. The summed E-state index contributed by atoms with van der Waals surface area (Å²) in [6.07, 6.45) is 3.43. The van der Waals surface area contributed by atoms with Crippen LogP contribution in [0.15, 0.2) is 59.3 Å². The summed E-state index contributed by atoms with van der Waals surface area (Å²) in [6.45, 7) is 0. The molecule has 25 heavy (non-hydrogen) atoms. The second kappa shape index (κ2) is 7.88. The number of ether oxygens (including phenoxy) is 2. The van der Waals surface area contributed by atoms with E-state index in [0.717, 1.165) is 42.9 Å². The van der Waals surface area contributed by atoms with E-state index in [-0.39, 0.29) is 0 Å². The number of oxime groups is 1. The van der Waals surface area contributed by atoms with Gasteiger partial charge in [0.1, 0.15) is 11.5 Å². The quantitative estimate of drug-likeness (QED) is 0.637. The van der Waals surface area contributed by atoms with Crippen molar-refractivity contribution in [3.05, 3.63) is 65.2 Å². The Balaban J connectivity index is 2.03. The van der Waals surface area contributed by atoms with Gasteiger partial charge in [0.2, 0.25) is 0 Å². The summed E-state index contributed by atoms with van der Waals surface area (Å²) >= 11 is 0. The minimum atomic E-state index is 0.807. The first-order chi connectivity index (χ1) is 12.2. The molecule has 1 N–H and O–H groups in total. The predicted octanol–water partition coefficient (Wildman–Crippen LogP) is 4.91. The van der Waals surface area contributed by atoms with Crippen molar-refractivity contribution < 1.29 is 14.7 Å². The summed E-state index contributed by atoms with van der Waals surface area (Å²) in [5.74, 6) is 1.70. The van der Waals surface area contributed by atoms with Gasteiger partial charge in [-0.1, -0.05) is 35.0 Å². The van der Waals surface area contributed by atoms with Crippen LogP contribution in [-0.2, 0) is 0 Å². The average Bonchev–Trinajstić information content (AvgIpc) is 2.70. The Morgan fingerprint density at radius 1 is 0.760 bits per heavy atom. The van der Waals surface area contributed by atoms with Crippen molar-refractivity contribution >= 4 is 11.3 Å². The van der Waals surface area contributed by atoms with Gasteiger partial charge in [-0.2, -0.15) is 0 Å². The molecular formula is C21H23NO3. The molecule has 0 bridgehead atoms. The highest BCUT2D eigenvalue weighted by Crippen LogP contribution is 2.35. The van der Waals surface area contributed by atoms with Crippen LogP contribution in [0.2, 0.25) is 0 Å². The summed E-state index contributed by atoms with van der Waals surface area (Å²) in [7, 11) is 3.35. The van der Waals surface area contributed by atoms with E-state index in [2.05, 4.69) is 29.4 Å². The molecule has 4 heteroatoms. The van der Waals surface area contributed by atoms with E-state index >= 15 is 0 Å². The summed E-state index contributed by atoms with van der Waals surface area (Å²) in [5, 5.41) is 12.4. The van der Waals surface area contributed by atoms with Gasteiger partial charge in [-0.3, -0.25) is 0 Å². The second-order valence-corrected chi connectivity index (χ2v) is 6.10. The molecule has 1 aliphatic rings. The van der Waals surface area contributed by atoms with Gasteiger partial charge in [-0.25, -0.2) is 0 Å². The Morgan fingerprint density at radius 2 is 1.20 bits per heavy atom. The third-order valence-electron chi connectivity index (χ3n) is 4.68. The molecule has 2 aromatic carbocycles. The number of rotatable bonds is 4. The second-order valence-electron chi connectivity index (χ2n) is 6.10. The first-order valence-corrected chi connectivity index (χ1v) is 8.46. The van der Waals surface area contributed by atoms with Crippen LogP contribution in [0.5, 0.6) is 11.5 Å². The van der Waals surface area contributed by atoms with Gasteiger partial charge in [0.05, 0.1) is 19.9 Å². The monoisotopic (exact) mass is 337 g/mol. The Morgan fingerprint density at radius 3 is 1.56 bits per heavy atom. The molecule has 0 spiro atoms. The lowest BCUT2D eigenvalue weighted by molar-refractivity contribution is 0.315. The topological polar surface area (TPSA) is 51.0 Å². The van der Waals surface area contributed by atoms with Crippen molar-refractivity contribution in [2.24, 2.45) is 5.16 Å². The molecule has 4 nitrogen and oxygen atoms in total. The van der Waals surface area contributed by atoms with Gasteiger partial charge in [-0.15, -0.1) is 0 Å². The Bertz CT molecular complexity index is 712. The number of hydrogen-bond donors (Lipinski definition) is 1. The van der Waals surface area contributed by atoms with Gasteiger partial charge in [0.15, 0.2) is 0 Å². The molecule has 1 aliphatic carbocycles. The fraction of sp³-hybridized carbons (Fsp3) is 0.286. The number of nitrogens with zero attached hydrogens (tertiary/aromatic N) is 1. The van der Waals surface area contributed by atoms with Crippen molar-refractivity contribution in [3.8, 4) is 11.5 Å². The van der Waals surface area contributed by atoms with Gasteiger partial charge in [0.25, 0.3) is 0 Å². The van der Waals surface area contributed by atoms with Crippen molar-refractivity contribution in [1.29, 1.82) is 0 Å². The molecule has 0 radical (unpaired) electrons. The fourth-order valence-corrected chi connectivity index (χ4v) is 3.28.